The first kappa shape index (κ1) is 14.7. The van der Waals surface area contributed by atoms with Crippen LogP contribution in [0.25, 0.3) is 0 Å². The van der Waals surface area contributed by atoms with Crippen molar-refractivity contribution in [2.24, 2.45) is 0 Å². The number of nitrogens with one attached hydrogen (secondary N) is 3. The van der Waals surface area contributed by atoms with Gasteiger partial charge in [-0.15, -0.1) is 0 Å². The molecule has 0 saturated carbocycles. The maximum Gasteiger partial charge on any atom is 0.315 e. The van der Waals surface area contributed by atoms with E-state index in [9.17, 15) is 9.59 Å². The molecular weight excluding hydrogens is 248 g/mol. The second-order valence-corrected chi connectivity index (χ2v) is 3.70. The predicted octanol–water partition coefficient (Wildman–Crippen LogP) is 0.0255. The molecule has 0 aliphatic rings. The lowest BCUT2D eigenvalue weighted by molar-refractivity contribution is -0.119. The van der Waals surface area contributed by atoms with Crippen molar-refractivity contribution in [1.82, 2.24) is 20.9 Å². The Morgan fingerprint density at radius 3 is 2.79 bits per heavy atom. The number of likely N-dealkylation sites (N-methyl/N-ethyl adjacent to an activating group) is 1. The fourth-order valence-corrected chi connectivity index (χ4v) is 1.34. The minimum atomic E-state index is -0.401. The van der Waals surface area contributed by atoms with Gasteiger partial charge in [-0.25, -0.2) is 9.78 Å². The van der Waals surface area contributed by atoms with Gasteiger partial charge in [-0.1, -0.05) is 0 Å². The van der Waals surface area contributed by atoms with Gasteiger partial charge in [0.25, 0.3) is 0 Å². The van der Waals surface area contributed by atoms with Crippen molar-refractivity contribution in [2.75, 3.05) is 20.2 Å². The number of pyridine rings is 1. The highest BCUT2D eigenvalue weighted by Crippen LogP contribution is 2.07. The van der Waals surface area contributed by atoms with E-state index in [0.29, 0.717) is 19.0 Å². The molecule has 0 unspecified atom stereocenters. The van der Waals surface area contributed by atoms with E-state index < -0.39 is 6.03 Å². The monoisotopic (exact) mass is 266 g/mol. The largest absolute Gasteiger partial charge is 0.481 e. The summed E-state index contributed by atoms with van der Waals surface area (Å²) in [4.78, 5) is 26.5. The Morgan fingerprint density at radius 1 is 1.32 bits per heavy atom. The molecule has 0 atom stereocenters. The summed E-state index contributed by atoms with van der Waals surface area (Å²) < 4.78 is 4.98. The molecule has 0 saturated heterocycles. The number of rotatable bonds is 6. The summed E-state index contributed by atoms with van der Waals surface area (Å²) in [5.74, 6) is 0.269. The SMILES string of the molecule is CCNC(=O)CNC(=O)NCc1ccnc(OC)c1. The summed E-state index contributed by atoms with van der Waals surface area (Å²) in [6.45, 7) is 2.65. The molecule has 1 aromatic heterocycles. The number of nitrogens with zero attached hydrogens (tertiary/aromatic N) is 1. The molecule has 0 spiro atoms. The molecule has 1 rings (SSSR count). The van der Waals surface area contributed by atoms with Gasteiger partial charge in [-0.2, -0.15) is 0 Å². The minimum Gasteiger partial charge on any atom is -0.481 e. The Hall–Kier alpha value is -2.31. The summed E-state index contributed by atoms with van der Waals surface area (Å²) >= 11 is 0. The molecule has 3 N–H and O–H groups in total. The number of carbonyl (C=O) groups is 2. The van der Waals surface area contributed by atoms with Crippen molar-refractivity contribution in [3.05, 3.63) is 23.9 Å². The Balaban J connectivity index is 2.31. The highest BCUT2D eigenvalue weighted by Gasteiger charge is 2.04. The number of hydrogen-bond donors (Lipinski definition) is 3. The first-order valence-electron chi connectivity index (χ1n) is 5.93. The third-order valence-electron chi connectivity index (χ3n) is 2.24. The second kappa shape index (κ2) is 7.91. The van der Waals surface area contributed by atoms with Crippen LogP contribution in [0.15, 0.2) is 18.3 Å². The Labute approximate surface area is 111 Å². The van der Waals surface area contributed by atoms with Crippen LogP contribution in [0.1, 0.15) is 12.5 Å². The number of hydrogen-bond acceptors (Lipinski definition) is 4. The number of aromatic nitrogens is 1. The smallest absolute Gasteiger partial charge is 0.315 e. The third-order valence-corrected chi connectivity index (χ3v) is 2.24. The van der Waals surface area contributed by atoms with Gasteiger partial charge >= 0.3 is 6.03 Å². The van der Waals surface area contributed by atoms with Crippen molar-refractivity contribution < 1.29 is 14.3 Å². The standard InChI is InChI=1S/C12H18N4O3/c1-3-13-10(17)8-16-12(18)15-7-9-4-5-14-11(6-9)19-2/h4-6H,3,7-8H2,1-2H3,(H,13,17)(H2,15,16,18). The molecular formula is C12H18N4O3. The first-order chi connectivity index (χ1) is 9.15. The van der Waals surface area contributed by atoms with Gasteiger partial charge in [0.05, 0.1) is 13.7 Å². The normalized spacial score (nSPS) is 9.58. The Kier molecular flexibility index (Phi) is 6.14. The van der Waals surface area contributed by atoms with E-state index in [1.807, 2.05) is 6.92 Å². The number of amides is 3. The van der Waals surface area contributed by atoms with Crippen LogP contribution in [0.3, 0.4) is 0 Å². The van der Waals surface area contributed by atoms with Gasteiger partial charge in [0.15, 0.2) is 0 Å². The van der Waals surface area contributed by atoms with Gasteiger partial charge in [-0.3, -0.25) is 4.79 Å². The van der Waals surface area contributed by atoms with E-state index in [0.717, 1.165) is 5.56 Å². The van der Waals surface area contributed by atoms with Crippen LogP contribution in [0.5, 0.6) is 5.88 Å². The van der Waals surface area contributed by atoms with Gasteiger partial charge in [0.1, 0.15) is 0 Å². The Morgan fingerprint density at radius 2 is 2.11 bits per heavy atom. The van der Waals surface area contributed by atoms with Crippen molar-refractivity contribution in [2.45, 2.75) is 13.5 Å². The molecule has 1 heterocycles. The zero-order valence-electron chi connectivity index (χ0n) is 11.0. The number of urea groups is 1. The lowest BCUT2D eigenvalue weighted by Gasteiger charge is -2.08. The topological polar surface area (TPSA) is 92.4 Å². The zero-order chi connectivity index (χ0) is 14.1. The van der Waals surface area contributed by atoms with Gasteiger partial charge in [0.2, 0.25) is 11.8 Å². The highest BCUT2D eigenvalue weighted by molar-refractivity contribution is 5.83. The zero-order valence-corrected chi connectivity index (χ0v) is 11.0. The van der Waals surface area contributed by atoms with Crippen LogP contribution in [0.2, 0.25) is 0 Å². The minimum absolute atomic E-state index is 0.0423. The molecule has 0 aromatic carbocycles. The molecule has 0 radical (unpaired) electrons. The molecule has 0 fully saturated rings. The van der Waals surface area contributed by atoms with Crippen LogP contribution >= 0.6 is 0 Å². The van der Waals surface area contributed by atoms with Crippen molar-refractivity contribution in [3.63, 3.8) is 0 Å². The molecule has 3 amide bonds. The van der Waals surface area contributed by atoms with E-state index in [4.69, 9.17) is 4.74 Å². The fraction of sp³-hybridized carbons (Fsp3) is 0.417. The summed E-state index contributed by atoms with van der Waals surface area (Å²) in [7, 11) is 1.53. The van der Waals surface area contributed by atoms with Crippen LogP contribution in [-0.2, 0) is 11.3 Å². The maximum atomic E-state index is 11.4. The number of ether oxygens (including phenoxy) is 1. The molecule has 19 heavy (non-hydrogen) atoms. The van der Waals surface area contributed by atoms with Crippen molar-refractivity contribution in [3.8, 4) is 5.88 Å². The fourth-order valence-electron chi connectivity index (χ4n) is 1.34. The van der Waals surface area contributed by atoms with Crippen molar-refractivity contribution in [1.29, 1.82) is 0 Å². The van der Waals surface area contributed by atoms with Gasteiger partial charge < -0.3 is 20.7 Å². The van der Waals surface area contributed by atoms with Gasteiger partial charge in [0, 0.05) is 25.4 Å². The van der Waals surface area contributed by atoms with E-state index in [1.165, 1.54) is 7.11 Å². The van der Waals surface area contributed by atoms with Gasteiger partial charge in [-0.05, 0) is 18.6 Å². The quantitative estimate of drug-likeness (QED) is 0.677. The third kappa shape index (κ3) is 5.71. The molecule has 0 aliphatic heterocycles. The molecule has 1 aromatic rings. The summed E-state index contributed by atoms with van der Waals surface area (Å²) in [6.07, 6.45) is 1.60. The summed E-state index contributed by atoms with van der Waals surface area (Å²) in [5, 5.41) is 7.67. The highest BCUT2D eigenvalue weighted by atomic mass is 16.5. The molecule has 7 heteroatoms. The maximum absolute atomic E-state index is 11.4. The van der Waals surface area contributed by atoms with E-state index in [1.54, 1.807) is 18.3 Å². The first-order valence-corrected chi connectivity index (χ1v) is 5.93. The summed E-state index contributed by atoms with van der Waals surface area (Å²) in [6, 6.07) is 3.10. The van der Waals surface area contributed by atoms with E-state index in [-0.39, 0.29) is 12.5 Å². The van der Waals surface area contributed by atoms with Crippen molar-refractivity contribution >= 4 is 11.9 Å². The summed E-state index contributed by atoms with van der Waals surface area (Å²) in [5.41, 5.74) is 0.861. The number of carbonyl (C=O) groups excluding carboxylic acids is 2. The second-order valence-electron chi connectivity index (χ2n) is 3.70. The average Bonchev–Trinajstić information content (AvgIpc) is 2.43. The van der Waals surface area contributed by atoms with Crippen LogP contribution in [0, 0.1) is 0 Å². The van der Waals surface area contributed by atoms with Crippen LogP contribution < -0.4 is 20.7 Å². The lowest BCUT2D eigenvalue weighted by atomic mass is 10.2. The molecule has 104 valence electrons. The molecule has 7 nitrogen and oxygen atoms in total. The predicted molar refractivity (Wildman–Crippen MR) is 69.7 cm³/mol. The number of methoxy groups -OCH3 is 1. The van der Waals surface area contributed by atoms with E-state index >= 15 is 0 Å². The average molecular weight is 266 g/mol. The lowest BCUT2D eigenvalue weighted by Crippen LogP contribution is -2.41. The Bertz CT molecular complexity index is 437. The van der Waals surface area contributed by atoms with Crippen LogP contribution in [0.4, 0.5) is 4.79 Å². The van der Waals surface area contributed by atoms with Crippen LogP contribution in [-0.4, -0.2) is 37.1 Å². The molecule has 0 aliphatic carbocycles. The van der Waals surface area contributed by atoms with E-state index in [2.05, 4.69) is 20.9 Å². The molecule has 0 bridgehead atoms.